The van der Waals surface area contributed by atoms with Gasteiger partial charge >= 0.3 is 0 Å². The number of hydrogen-bond acceptors (Lipinski definition) is 7. The zero-order valence-electron chi connectivity index (χ0n) is 17.0. The molecule has 1 fully saturated rings. The van der Waals surface area contributed by atoms with Crippen molar-refractivity contribution in [2.24, 2.45) is 0 Å². The minimum absolute atomic E-state index is 0. The molecule has 5 heterocycles. The maximum absolute atomic E-state index is 4.77. The Morgan fingerprint density at radius 3 is 2.53 bits per heavy atom. The summed E-state index contributed by atoms with van der Waals surface area (Å²) in [4.78, 5) is 20.6. The Kier molecular flexibility index (Phi) is 5.69. The highest BCUT2D eigenvalue weighted by Gasteiger charge is 2.13. The predicted octanol–water partition coefficient (Wildman–Crippen LogP) is 3.37. The van der Waals surface area contributed by atoms with Crippen LogP contribution in [-0.4, -0.2) is 50.5 Å². The summed E-state index contributed by atoms with van der Waals surface area (Å²) in [6.07, 6.45) is 5.66. The fourth-order valence-electron chi connectivity index (χ4n) is 3.72. The minimum Gasteiger partial charge on any atom is -0.368 e. The SMILES string of the molecule is CC(C)c1cnc2ccc3cnc(Nc4ccc(N5CCNCC5)cn4)nc3n12.Cl. The van der Waals surface area contributed by atoms with E-state index in [-0.39, 0.29) is 12.4 Å². The van der Waals surface area contributed by atoms with E-state index >= 15 is 0 Å². The van der Waals surface area contributed by atoms with Gasteiger partial charge < -0.3 is 15.5 Å². The maximum Gasteiger partial charge on any atom is 0.230 e. The normalized spacial score (nSPS) is 14.3. The van der Waals surface area contributed by atoms with E-state index < -0.39 is 0 Å². The number of rotatable bonds is 4. The van der Waals surface area contributed by atoms with E-state index in [1.807, 2.05) is 36.8 Å². The second-order valence-corrected chi connectivity index (χ2v) is 7.60. The number of aromatic nitrogens is 5. The molecule has 8 nitrogen and oxygen atoms in total. The fourth-order valence-corrected chi connectivity index (χ4v) is 3.72. The number of anilines is 3. The number of piperazine rings is 1. The van der Waals surface area contributed by atoms with Crippen LogP contribution in [0.4, 0.5) is 17.5 Å². The molecule has 0 atom stereocenters. The highest BCUT2D eigenvalue weighted by molar-refractivity contribution is 5.85. The van der Waals surface area contributed by atoms with Crippen LogP contribution < -0.4 is 15.5 Å². The van der Waals surface area contributed by atoms with Crippen molar-refractivity contribution in [1.82, 2.24) is 29.7 Å². The van der Waals surface area contributed by atoms with Gasteiger partial charge in [0, 0.05) is 49.7 Å². The summed E-state index contributed by atoms with van der Waals surface area (Å²) < 4.78 is 2.10. The lowest BCUT2D eigenvalue weighted by Crippen LogP contribution is -2.43. The number of nitrogens with zero attached hydrogens (tertiary/aromatic N) is 6. The molecule has 0 bridgehead atoms. The molecule has 4 aromatic heterocycles. The quantitative estimate of drug-likeness (QED) is 0.519. The van der Waals surface area contributed by atoms with E-state index in [2.05, 4.69) is 54.8 Å². The first-order valence-corrected chi connectivity index (χ1v) is 10.0. The number of fused-ring (bicyclic) bond motifs is 3. The lowest BCUT2D eigenvalue weighted by molar-refractivity contribution is 0.589. The van der Waals surface area contributed by atoms with Crippen molar-refractivity contribution in [3.63, 3.8) is 0 Å². The third-order valence-corrected chi connectivity index (χ3v) is 5.30. The molecule has 9 heteroatoms. The summed E-state index contributed by atoms with van der Waals surface area (Å²) >= 11 is 0. The predicted molar refractivity (Wildman–Crippen MR) is 122 cm³/mol. The third-order valence-electron chi connectivity index (χ3n) is 5.30. The fraction of sp³-hybridized carbons (Fsp3) is 0.333. The Hall–Kier alpha value is -2.97. The topological polar surface area (TPSA) is 83.3 Å². The van der Waals surface area contributed by atoms with Gasteiger partial charge in [-0.3, -0.25) is 4.40 Å². The summed E-state index contributed by atoms with van der Waals surface area (Å²) in [7, 11) is 0. The molecule has 0 unspecified atom stereocenters. The molecule has 1 aliphatic rings. The highest BCUT2D eigenvalue weighted by Crippen LogP contribution is 2.23. The standard InChI is InChI=1S/C21H24N8.ClH/c1-14(2)17-13-24-19-6-3-15-11-25-21(27-20(15)29(17)19)26-18-5-4-16(12-23-18)28-9-7-22-8-10-28;/h3-6,11-14,22H,7-10H2,1-2H3,(H,23,25,26,27);1H. The number of nitrogens with one attached hydrogen (secondary N) is 2. The summed E-state index contributed by atoms with van der Waals surface area (Å²) in [5.74, 6) is 1.60. The second-order valence-electron chi connectivity index (χ2n) is 7.60. The van der Waals surface area contributed by atoms with Crippen LogP contribution in [0.3, 0.4) is 0 Å². The third kappa shape index (κ3) is 3.76. The van der Waals surface area contributed by atoms with Gasteiger partial charge in [-0.2, -0.15) is 4.98 Å². The van der Waals surface area contributed by atoms with Crippen LogP contribution in [0.15, 0.2) is 42.9 Å². The number of halogens is 1. The number of imidazole rings is 1. The Balaban J connectivity index is 0.00000218. The molecule has 30 heavy (non-hydrogen) atoms. The van der Waals surface area contributed by atoms with E-state index in [0.29, 0.717) is 11.9 Å². The maximum atomic E-state index is 4.77. The van der Waals surface area contributed by atoms with Crippen LogP contribution in [0.5, 0.6) is 0 Å². The molecule has 0 aromatic carbocycles. The molecule has 0 amide bonds. The van der Waals surface area contributed by atoms with Gasteiger partial charge in [-0.1, -0.05) is 13.8 Å². The first kappa shape index (κ1) is 20.3. The zero-order valence-corrected chi connectivity index (χ0v) is 17.9. The van der Waals surface area contributed by atoms with Crippen molar-refractivity contribution in [2.75, 3.05) is 36.4 Å². The molecule has 0 spiro atoms. The average Bonchev–Trinajstić information content (AvgIpc) is 3.20. The molecule has 5 rings (SSSR count). The number of hydrogen-bond donors (Lipinski definition) is 2. The smallest absolute Gasteiger partial charge is 0.230 e. The molecular weight excluding hydrogens is 400 g/mol. The van der Waals surface area contributed by atoms with Gasteiger partial charge in [-0.25, -0.2) is 15.0 Å². The van der Waals surface area contributed by atoms with Crippen molar-refractivity contribution in [3.8, 4) is 0 Å². The molecule has 156 valence electrons. The second kappa shape index (κ2) is 8.41. The van der Waals surface area contributed by atoms with Gasteiger partial charge in [-0.15, -0.1) is 12.4 Å². The van der Waals surface area contributed by atoms with Gasteiger partial charge in [-0.05, 0) is 30.2 Å². The highest BCUT2D eigenvalue weighted by atomic mass is 35.5. The average molecular weight is 425 g/mol. The van der Waals surface area contributed by atoms with Crippen LogP contribution >= 0.6 is 12.4 Å². The summed E-state index contributed by atoms with van der Waals surface area (Å²) in [5.41, 5.74) is 4.01. The van der Waals surface area contributed by atoms with E-state index in [1.54, 1.807) is 0 Å². The van der Waals surface area contributed by atoms with Crippen LogP contribution in [-0.2, 0) is 0 Å². The molecule has 2 N–H and O–H groups in total. The van der Waals surface area contributed by atoms with Gasteiger partial charge in [0.1, 0.15) is 11.5 Å². The van der Waals surface area contributed by atoms with Crippen molar-refractivity contribution in [1.29, 1.82) is 0 Å². The van der Waals surface area contributed by atoms with E-state index in [9.17, 15) is 0 Å². The van der Waals surface area contributed by atoms with Gasteiger partial charge in [0.05, 0.1) is 11.9 Å². The molecule has 0 saturated carbocycles. The summed E-state index contributed by atoms with van der Waals surface area (Å²) in [6.45, 7) is 8.33. The molecular formula is C21H25ClN8. The Labute approximate surface area is 181 Å². The van der Waals surface area contributed by atoms with Crippen LogP contribution in [0.1, 0.15) is 25.5 Å². The zero-order chi connectivity index (χ0) is 19.8. The first-order chi connectivity index (χ1) is 14.2. The number of pyridine rings is 2. The summed E-state index contributed by atoms with van der Waals surface area (Å²) in [6, 6.07) is 8.07. The van der Waals surface area contributed by atoms with Crippen LogP contribution in [0, 0.1) is 0 Å². The van der Waals surface area contributed by atoms with E-state index in [1.165, 1.54) is 0 Å². The largest absolute Gasteiger partial charge is 0.368 e. The van der Waals surface area contributed by atoms with Crippen LogP contribution in [0.2, 0.25) is 0 Å². The van der Waals surface area contributed by atoms with Gasteiger partial charge in [0.15, 0.2) is 5.65 Å². The monoisotopic (exact) mass is 424 g/mol. The minimum atomic E-state index is 0. The van der Waals surface area contributed by atoms with Crippen molar-refractivity contribution in [2.45, 2.75) is 19.8 Å². The Morgan fingerprint density at radius 1 is 0.967 bits per heavy atom. The molecule has 1 aliphatic heterocycles. The van der Waals surface area contributed by atoms with Crippen molar-refractivity contribution in [3.05, 3.63) is 48.5 Å². The molecule has 1 saturated heterocycles. The van der Waals surface area contributed by atoms with E-state index in [0.717, 1.165) is 60.1 Å². The van der Waals surface area contributed by atoms with Gasteiger partial charge in [0.25, 0.3) is 0 Å². The Bertz CT molecular complexity index is 1150. The van der Waals surface area contributed by atoms with Crippen LogP contribution in [0.25, 0.3) is 16.7 Å². The van der Waals surface area contributed by atoms with E-state index in [4.69, 9.17) is 4.98 Å². The molecule has 0 aliphatic carbocycles. The van der Waals surface area contributed by atoms with Gasteiger partial charge in [0.2, 0.25) is 5.95 Å². The molecule has 4 aromatic rings. The molecule has 0 radical (unpaired) electrons. The van der Waals surface area contributed by atoms with Crippen molar-refractivity contribution >= 4 is 46.5 Å². The summed E-state index contributed by atoms with van der Waals surface area (Å²) in [5, 5.41) is 7.58. The lowest BCUT2D eigenvalue weighted by atomic mass is 10.1. The first-order valence-electron chi connectivity index (χ1n) is 10.0. The lowest BCUT2D eigenvalue weighted by Gasteiger charge is -2.29. The Morgan fingerprint density at radius 2 is 1.80 bits per heavy atom. The van der Waals surface area contributed by atoms with Crippen molar-refractivity contribution < 1.29 is 0 Å².